The van der Waals surface area contributed by atoms with Gasteiger partial charge in [-0.3, -0.25) is 14.5 Å². The lowest BCUT2D eigenvalue weighted by molar-refractivity contribution is -0.141. The third-order valence-electron chi connectivity index (χ3n) is 6.24. The molecule has 1 aromatic rings. The highest BCUT2D eigenvalue weighted by Crippen LogP contribution is 2.39. The number of hydrogen-bond donors (Lipinski definition) is 1. The Morgan fingerprint density at radius 3 is 2.88 bits per heavy atom. The number of carbonyl (C=O) groups is 3. The van der Waals surface area contributed by atoms with Gasteiger partial charge in [-0.2, -0.15) is 0 Å². The fourth-order valence-corrected chi connectivity index (χ4v) is 5.58. The van der Waals surface area contributed by atoms with E-state index in [9.17, 15) is 14.4 Å². The lowest BCUT2D eigenvalue weighted by atomic mass is 9.73. The van der Waals surface area contributed by atoms with Crippen LogP contribution >= 0.6 is 11.3 Å². The van der Waals surface area contributed by atoms with E-state index in [0.717, 1.165) is 37.0 Å². The summed E-state index contributed by atoms with van der Waals surface area (Å²) < 4.78 is 0. The van der Waals surface area contributed by atoms with Gasteiger partial charge in [0.25, 0.3) is 5.91 Å². The Morgan fingerprint density at radius 1 is 1.31 bits per heavy atom. The third kappa shape index (κ3) is 2.73. The van der Waals surface area contributed by atoms with Crippen molar-refractivity contribution in [2.24, 2.45) is 5.92 Å². The predicted molar refractivity (Wildman–Crippen MR) is 98.6 cm³/mol. The van der Waals surface area contributed by atoms with Crippen molar-refractivity contribution in [3.63, 3.8) is 0 Å². The average Bonchev–Trinajstić information content (AvgIpc) is 3.34. The first-order chi connectivity index (χ1) is 12.5. The molecule has 1 aromatic heterocycles. The number of imide groups is 1. The molecule has 3 fully saturated rings. The molecule has 0 aromatic carbocycles. The van der Waals surface area contributed by atoms with E-state index in [0.29, 0.717) is 13.0 Å². The summed E-state index contributed by atoms with van der Waals surface area (Å²) in [5.74, 6) is -0.238. The molecule has 7 heteroatoms. The van der Waals surface area contributed by atoms with Gasteiger partial charge in [-0.1, -0.05) is 25.8 Å². The lowest BCUT2D eigenvalue weighted by Crippen LogP contribution is -2.54. The Kier molecular flexibility index (Phi) is 4.50. The van der Waals surface area contributed by atoms with Crippen molar-refractivity contribution in [1.82, 2.24) is 15.1 Å². The van der Waals surface area contributed by atoms with E-state index in [-0.39, 0.29) is 30.3 Å². The Labute approximate surface area is 157 Å². The van der Waals surface area contributed by atoms with Crippen molar-refractivity contribution in [1.29, 1.82) is 0 Å². The maximum Gasteiger partial charge on any atom is 0.325 e. The van der Waals surface area contributed by atoms with Crippen LogP contribution < -0.4 is 5.32 Å². The van der Waals surface area contributed by atoms with Crippen LogP contribution in [0.1, 0.15) is 56.4 Å². The molecule has 0 radical (unpaired) electrons. The molecule has 3 aliphatic rings. The molecule has 26 heavy (non-hydrogen) atoms. The number of urea groups is 1. The third-order valence-corrected chi connectivity index (χ3v) is 7.21. The number of rotatable bonds is 3. The minimum atomic E-state index is -0.798. The van der Waals surface area contributed by atoms with Gasteiger partial charge >= 0.3 is 6.03 Å². The summed E-state index contributed by atoms with van der Waals surface area (Å²) in [5, 5.41) is 4.94. The molecule has 4 amide bonds. The molecule has 2 saturated heterocycles. The van der Waals surface area contributed by atoms with Gasteiger partial charge in [0.2, 0.25) is 5.91 Å². The molecular weight excluding hydrogens is 350 g/mol. The summed E-state index contributed by atoms with van der Waals surface area (Å²) in [4.78, 5) is 42.6. The van der Waals surface area contributed by atoms with Gasteiger partial charge in [-0.25, -0.2) is 4.79 Å². The molecule has 3 heterocycles. The molecule has 4 rings (SSSR count). The Balaban J connectivity index is 1.49. The van der Waals surface area contributed by atoms with Gasteiger partial charge in [0.05, 0.1) is 6.04 Å². The number of likely N-dealkylation sites (tertiary alicyclic amines) is 1. The van der Waals surface area contributed by atoms with Crippen LogP contribution in [0.15, 0.2) is 17.5 Å². The van der Waals surface area contributed by atoms with Crippen LogP contribution in [0.25, 0.3) is 0 Å². The zero-order chi connectivity index (χ0) is 18.3. The standard InChI is InChI=1S/C19H25N3O3S/c1-13-6-2-3-9-19(13)17(24)22(18(25)20-19)12-16(23)21-10-4-7-14(21)15-8-5-11-26-15/h5,8,11,13-14H,2-4,6-7,9-10,12H2,1H3,(H,20,25). The Bertz CT molecular complexity index is 720. The highest BCUT2D eigenvalue weighted by Gasteiger charge is 2.55. The monoisotopic (exact) mass is 375 g/mol. The van der Waals surface area contributed by atoms with Crippen LogP contribution in [0, 0.1) is 5.92 Å². The van der Waals surface area contributed by atoms with Gasteiger partial charge in [-0.05, 0) is 43.0 Å². The molecule has 1 saturated carbocycles. The first-order valence-corrected chi connectivity index (χ1v) is 10.4. The van der Waals surface area contributed by atoms with Crippen LogP contribution in [0.3, 0.4) is 0 Å². The molecule has 1 aliphatic carbocycles. The van der Waals surface area contributed by atoms with Crippen molar-refractivity contribution >= 4 is 29.2 Å². The highest BCUT2D eigenvalue weighted by atomic mass is 32.1. The molecule has 1 N–H and O–H groups in total. The number of hydrogen-bond acceptors (Lipinski definition) is 4. The van der Waals surface area contributed by atoms with E-state index in [1.165, 1.54) is 4.88 Å². The topological polar surface area (TPSA) is 69.7 Å². The quantitative estimate of drug-likeness (QED) is 0.826. The Hall–Kier alpha value is -1.89. The van der Waals surface area contributed by atoms with E-state index >= 15 is 0 Å². The van der Waals surface area contributed by atoms with Crippen LogP contribution in [0.2, 0.25) is 0 Å². The van der Waals surface area contributed by atoms with Gasteiger partial charge in [0.1, 0.15) is 12.1 Å². The summed E-state index contributed by atoms with van der Waals surface area (Å²) in [6.07, 6.45) is 5.51. The van der Waals surface area contributed by atoms with Crippen molar-refractivity contribution in [3.05, 3.63) is 22.4 Å². The summed E-state index contributed by atoms with van der Waals surface area (Å²) in [6, 6.07) is 3.70. The summed E-state index contributed by atoms with van der Waals surface area (Å²) in [6.45, 7) is 2.56. The van der Waals surface area contributed by atoms with Crippen molar-refractivity contribution in [2.45, 2.75) is 57.0 Å². The number of nitrogens with zero attached hydrogens (tertiary/aromatic N) is 2. The summed E-state index contributed by atoms with van der Waals surface area (Å²) >= 11 is 1.65. The lowest BCUT2D eigenvalue weighted by Gasteiger charge is -2.36. The zero-order valence-electron chi connectivity index (χ0n) is 15.1. The molecule has 3 unspecified atom stereocenters. The summed E-state index contributed by atoms with van der Waals surface area (Å²) in [5.41, 5.74) is -0.798. The highest BCUT2D eigenvalue weighted by molar-refractivity contribution is 7.10. The number of nitrogens with one attached hydrogen (secondary N) is 1. The number of thiophene rings is 1. The second kappa shape index (κ2) is 6.68. The van der Waals surface area contributed by atoms with E-state index in [1.54, 1.807) is 11.3 Å². The minimum absolute atomic E-state index is 0.0748. The van der Waals surface area contributed by atoms with E-state index in [1.807, 2.05) is 29.3 Å². The minimum Gasteiger partial charge on any atom is -0.333 e. The summed E-state index contributed by atoms with van der Waals surface area (Å²) in [7, 11) is 0. The van der Waals surface area contributed by atoms with Crippen molar-refractivity contribution < 1.29 is 14.4 Å². The van der Waals surface area contributed by atoms with Crippen LogP contribution in [0.4, 0.5) is 4.79 Å². The fourth-order valence-electron chi connectivity index (χ4n) is 4.71. The Morgan fingerprint density at radius 2 is 2.15 bits per heavy atom. The van der Waals surface area contributed by atoms with Crippen molar-refractivity contribution in [2.75, 3.05) is 13.1 Å². The largest absolute Gasteiger partial charge is 0.333 e. The second-order valence-electron chi connectivity index (χ2n) is 7.70. The molecule has 140 valence electrons. The molecular formula is C19H25N3O3S. The van der Waals surface area contributed by atoms with Crippen LogP contribution in [0.5, 0.6) is 0 Å². The normalized spacial score (nSPS) is 31.7. The van der Waals surface area contributed by atoms with Gasteiger partial charge in [-0.15, -0.1) is 11.3 Å². The van der Waals surface area contributed by atoms with Gasteiger partial charge < -0.3 is 10.2 Å². The zero-order valence-corrected chi connectivity index (χ0v) is 15.9. The SMILES string of the molecule is CC1CCCCC12NC(=O)N(CC(=O)N1CCCC1c1cccs1)C2=O. The van der Waals surface area contributed by atoms with E-state index in [4.69, 9.17) is 0 Å². The second-order valence-corrected chi connectivity index (χ2v) is 8.68. The maximum atomic E-state index is 13.0. The van der Waals surface area contributed by atoms with Gasteiger partial charge in [0, 0.05) is 11.4 Å². The maximum absolute atomic E-state index is 13.0. The number of amides is 4. The van der Waals surface area contributed by atoms with Crippen LogP contribution in [-0.4, -0.2) is 46.3 Å². The first-order valence-electron chi connectivity index (χ1n) is 9.50. The van der Waals surface area contributed by atoms with Crippen LogP contribution in [-0.2, 0) is 9.59 Å². The molecule has 0 bridgehead atoms. The van der Waals surface area contributed by atoms with Gasteiger partial charge in [0.15, 0.2) is 0 Å². The van der Waals surface area contributed by atoms with E-state index < -0.39 is 11.6 Å². The molecule has 2 aliphatic heterocycles. The fraction of sp³-hybridized carbons (Fsp3) is 0.632. The molecule has 3 atom stereocenters. The van der Waals surface area contributed by atoms with E-state index in [2.05, 4.69) is 5.32 Å². The number of carbonyl (C=O) groups excluding carboxylic acids is 3. The predicted octanol–water partition coefficient (Wildman–Crippen LogP) is 2.91. The van der Waals surface area contributed by atoms with Crippen molar-refractivity contribution in [3.8, 4) is 0 Å². The average molecular weight is 375 g/mol. The first kappa shape index (κ1) is 17.5. The smallest absolute Gasteiger partial charge is 0.325 e. The molecule has 6 nitrogen and oxygen atoms in total. The molecule has 1 spiro atoms.